The summed E-state index contributed by atoms with van der Waals surface area (Å²) in [6.07, 6.45) is 9.22. The molecule has 3 rings (SSSR count). The van der Waals surface area contributed by atoms with Crippen molar-refractivity contribution >= 4 is 17.7 Å². The molecule has 0 N–H and O–H groups in total. The summed E-state index contributed by atoms with van der Waals surface area (Å²) in [5.74, 6) is 9.15. The standard InChI is InChI=1S/C25H38GeN/c1-18(2)14-20-12-13-22(19(3)15-20)25-16-24(26(4,5)6)23(17-27(25)7)21-10-8-9-11-21/h12-13,15-18,21H,8-11,14H2,1-7H3/q+1. The molecule has 0 atom stereocenters. The predicted octanol–water partition coefficient (Wildman–Crippen LogP) is 5.89. The molecule has 0 bridgehead atoms. The van der Waals surface area contributed by atoms with E-state index in [1.807, 2.05) is 0 Å². The zero-order chi connectivity index (χ0) is 19.8. The van der Waals surface area contributed by atoms with Crippen LogP contribution >= 0.6 is 0 Å². The molecule has 0 radical (unpaired) electrons. The van der Waals surface area contributed by atoms with Crippen molar-refractivity contribution in [2.24, 2.45) is 13.0 Å². The normalized spacial score (nSPS) is 15.7. The monoisotopic (exact) mass is 426 g/mol. The summed E-state index contributed by atoms with van der Waals surface area (Å²) >= 11 is -1.95. The van der Waals surface area contributed by atoms with Crippen molar-refractivity contribution < 1.29 is 4.57 Å². The van der Waals surface area contributed by atoms with E-state index in [2.05, 4.69) is 80.1 Å². The molecule has 146 valence electrons. The van der Waals surface area contributed by atoms with E-state index in [9.17, 15) is 0 Å². The van der Waals surface area contributed by atoms with Crippen LogP contribution in [-0.2, 0) is 13.5 Å². The molecule has 27 heavy (non-hydrogen) atoms. The van der Waals surface area contributed by atoms with Crippen LogP contribution in [0.2, 0.25) is 17.3 Å². The van der Waals surface area contributed by atoms with Gasteiger partial charge in [-0.1, -0.05) is 0 Å². The first-order valence-corrected chi connectivity index (χ1v) is 18.1. The summed E-state index contributed by atoms with van der Waals surface area (Å²) in [6.45, 7) is 6.88. The second kappa shape index (κ2) is 8.11. The van der Waals surface area contributed by atoms with Crippen molar-refractivity contribution in [2.45, 2.75) is 76.1 Å². The Bertz CT molecular complexity index is 808. The van der Waals surface area contributed by atoms with Crippen molar-refractivity contribution in [1.82, 2.24) is 0 Å². The number of rotatable bonds is 5. The molecule has 1 fully saturated rings. The second-order valence-electron chi connectivity index (χ2n) is 10.1. The number of hydrogen-bond donors (Lipinski definition) is 0. The third kappa shape index (κ3) is 4.67. The molecular formula is C25H38GeN+. The fourth-order valence-corrected chi connectivity index (χ4v) is 8.34. The van der Waals surface area contributed by atoms with E-state index >= 15 is 0 Å². The molecule has 1 aliphatic rings. The molecule has 1 nitrogen and oxygen atoms in total. The first kappa shape index (κ1) is 20.6. The maximum atomic E-state index is 2.57. The summed E-state index contributed by atoms with van der Waals surface area (Å²) in [5, 5.41) is 0. The summed E-state index contributed by atoms with van der Waals surface area (Å²) in [5.41, 5.74) is 7.33. The molecule has 2 aromatic rings. The summed E-state index contributed by atoms with van der Waals surface area (Å²) in [4.78, 5) is 0. The van der Waals surface area contributed by atoms with Gasteiger partial charge in [0.1, 0.15) is 0 Å². The van der Waals surface area contributed by atoms with E-state index in [0.717, 1.165) is 12.3 Å². The van der Waals surface area contributed by atoms with Crippen LogP contribution in [0.15, 0.2) is 30.5 Å². The topological polar surface area (TPSA) is 3.88 Å². The Morgan fingerprint density at radius 2 is 1.74 bits per heavy atom. The van der Waals surface area contributed by atoms with Crippen molar-refractivity contribution in [3.63, 3.8) is 0 Å². The summed E-state index contributed by atoms with van der Waals surface area (Å²) in [6, 6.07) is 9.67. The van der Waals surface area contributed by atoms with Gasteiger partial charge in [0.15, 0.2) is 0 Å². The molecule has 1 heterocycles. The molecule has 0 amide bonds. The van der Waals surface area contributed by atoms with Crippen LogP contribution in [0.3, 0.4) is 0 Å². The summed E-state index contributed by atoms with van der Waals surface area (Å²) < 4.78 is 4.12. The van der Waals surface area contributed by atoms with Gasteiger partial charge in [-0.15, -0.1) is 0 Å². The zero-order valence-electron chi connectivity index (χ0n) is 18.5. The van der Waals surface area contributed by atoms with Crippen molar-refractivity contribution in [1.29, 1.82) is 0 Å². The minimum absolute atomic E-state index is 0.706. The van der Waals surface area contributed by atoms with E-state index in [1.165, 1.54) is 48.1 Å². The third-order valence-corrected chi connectivity index (χ3v) is 10.4. The maximum absolute atomic E-state index is 2.57. The number of aryl methyl sites for hydroxylation is 2. The van der Waals surface area contributed by atoms with Gasteiger partial charge in [-0.25, -0.2) is 0 Å². The van der Waals surface area contributed by atoms with E-state index in [0.29, 0.717) is 5.92 Å². The van der Waals surface area contributed by atoms with Crippen LogP contribution < -0.4 is 8.96 Å². The molecule has 0 unspecified atom stereocenters. The SMILES string of the molecule is Cc1cc(CC(C)C)ccc1-c1c[c]([Ge]([CH3])([CH3])[CH3])c(C2CCCC2)c[n+]1C. The van der Waals surface area contributed by atoms with Crippen LogP contribution in [0.25, 0.3) is 11.3 Å². The molecule has 1 saturated carbocycles. The van der Waals surface area contributed by atoms with Gasteiger partial charge in [-0.2, -0.15) is 0 Å². The third-order valence-electron chi connectivity index (χ3n) is 6.12. The Morgan fingerprint density at radius 1 is 1.07 bits per heavy atom. The number of nitrogens with zero attached hydrogens (tertiary/aromatic N) is 1. The predicted molar refractivity (Wildman–Crippen MR) is 121 cm³/mol. The van der Waals surface area contributed by atoms with E-state index in [-0.39, 0.29) is 0 Å². The van der Waals surface area contributed by atoms with Crippen molar-refractivity contribution in [3.05, 3.63) is 47.2 Å². The fourth-order valence-electron chi connectivity index (χ4n) is 4.76. The molecule has 1 aromatic heterocycles. The fraction of sp³-hybridized carbons (Fsp3) is 0.560. The van der Waals surface area contributed by atoms with Gasteiger partial charge < -0.3 is 0 Å². The number of pyridine rings is 1. The molecule has 1 aliphatic carbocycles. The second-order valence-corrected chi connectivity index (χ2v) is 20.7. The van der Waals surface area contributed by atoms with Gasteiger partial charge in [-0.05, 0) is 0 Å². The van der Waals surface area contributed by atoms with Crippen molar-refractivity contribution in [3.8, 4) is 11.3 Å². The number of hydrogen-bond acceptors (Lipinski definition) is 0. The van der Waals surface area contributed by atoms with Crippen LogP contribution in [0.5, 0.6) is 0 Å². The summed E-state index contributed by atoms with van der Waals surface area (Å²) in [7, 11) is 2.24. The molecule has 0 spiro atoms. The molecule has 0 saturated heterocycles. The van der Waals surface area contributed by atoms with Gasteiger partial charge in [-0.3, -0.25) is 0 Å². The average Bonchev–Trinajstić information content (AvgIpc) is 3.08. The van der Waals surface area contributed by atoms with Crippen molar-refractivity contribution in [2.75, 3.05) is 0 Å². The zero-order valence-corrected chi connectivity index (χ0v) is 20.6. The number of aromatic nitrogens is 1. The van der Waals surface area contributed by atoms with Gasteiger partial charge in [0.25, 0.3) is 0 Å². The first-order chi connectivity index (χ1) is 12.7. The van der Waals surface area contributed by atoms with Gasteiger partial charge >= 0.3 is 170 Å². The van der Waals surface area contributed by atoms with E-state index < -0.39 is 13.3 Å². The Kier molecular flexibility index (Phi) is 6.20. The van der Waals surface area contributed by atoms with E-state index in [4.69, 9.17) is 0 Å². The Morgan fingerprint density at radius 3 is 2.30 bits per heavy atom. The van der Waals surface area contributed by atoms with Gasteiger partial charge in [0, 0.05) is 0 Å². The first-order valence-electron chi connectivity index (χ1n) is 10.8. The molecule has 0 aliphatic heterocycles. The van der Waals surface area contributed by atoms with Crippen LogP contribution in [-0.4, -0.2) is 13.3 Å². The molecule has 2 heteroatoms. The van der Waals surface area contributed by atoms with Gasteiger partial charge in [0.2, 0.25) is 0 Å². The average molecular weight is 425 g/mol. The van der Waals surface area contributed by atoms with Crippen LogP contribution in [0.4, 0.5) is 0 Å². The minimum atomic E-state index is -1.95. The number of benzene rings is 1. The van der Waals surface area contributed by atoms with Crippen LogP contribution in [0.1, 0.15) is 62.1 Å². The molecular weight excluding hydrogens is 387 g/mol. The van der Waals surface area contributed by atoms with Gasteiger partial charge in [0.05, 0.1) is 0 Å². The Hall–Kier alpha value is -1.09. The Labute approximate surface area is 169 Å². The quantitative estimate of drug-likeness (QED) is 0.416. The Balaban J connectivity index is 2.08. The van der Waals surface area contributed by atoms with Crippen LogP contribution in [0, 0.1) is 12.8 Å². The molecule has 1 aromatic carbocycles. The van der Waals surface area contributed by atoms with E-state index in [1.54, 1.807) is 9.96 Å².